The Kier molecular flexibility index (Phi) is 1.72. The van der Waals surface area contributed by atoms with Gasteiger partial charge in [0.25, 0.3) is 0 Å². The summed E-state index contributed by atoms with van der Waals surface area (Å²) in [6.45, 7) is 4.18. The molecule has 74 valence electrons. The van der Waals surface area contributed by atoms with Crippen LogP contribution in [0.3, 0.4) is 0 Å². The predicted molar refractivity (Wildman–Crippen MR) is 51.3 cm³/mol. The van der Waals surface area contributed by atoms with Gasteiger partial charge in [-0.05, 0) is 44.4 Å². The molecule has 0 aromatic rings. The molecular weight excluding hydrogens is 162 g/mol. The van der Waals surface area contributed by atoms with Crippen LogP contribution in [0.1, 0.15) is 32.6 Å². The summed E-state index contributed by atoms with van der Waals surface area (Å²) in [5, 5.41) is 3.66. The Hall–Kier alpha value is -0.0800. The molecule has 4 unspecified atom stereocenters. The maximum Gasteiger partial charge on any atom is 0.122 e. The van der Waals surface area contributed by atoms with Crippen LogP contribution >= 0.6 is 0 Å². The largest absolute Gasteiger partial charge is 0.361 e. The van der Waals surface area contributed by atoms with Crippen molar-refractivity contribution < 1.29 is 4.74 Å². The summed E-state index contributed by atoms with van der Waals surface area (Å²) in [4.78, 5) is 0. The highest BCUT2D eigenvalue weighted by atomic mass is 16.5. The van der Waals surface area contributed by atoms with Crippen molar-refractivity contribution in [2.75, 3.05) is 13.2 Å². The molecule has 1 N–H and O–H groups in total. The molecule has 3 fully saturated rings. The molecule has 1 saturated heterocycles. The minimum Gasteiger partial charge on any atom is -0.361 e. The lowest BCUT2D eigenvalue weighted by molar-refractivity contribution is -0.110. The van der Waals surface area contributed by atoms with Crippen molar-refractivity contribution in [3.8, 4) is 0 Å². The van der Waals surface area contributed by atoms with Gasteiger partial charge in [0.15, 0.2) is 0 Å². The van der Waals surface area contributed by atoms with Gasteiger partial charge in [-0.25, -0.2) is 0 Å². The summed E-state index contributed by atoms with van der Waals surface area (Å²) in [6.07, 6.45) is 5.58. The van der Waals surface area contributed by atoms with Crippen molar-refractivity contribution in [3.63, 3.8) is 0 Å². The third kappa shape index (κ3) is 1.08. The summed E-state index contributed by atoms with van der Waals surface area (Å²) in [6, 6.07) is 0. The zero-order valence-corrected chi connectivity index (χ0v) is 8.38. The lowest BCUT2D eigenvalue weighted by atomic mass is 9.78. The van der Waals surface area contributed by atoms with Crippen molar-refractivity contribution in [2.45, 2.75) is 38.3 Å². The number of fused-ring (bicyclic) bond motifs is 2. The average Bonchev–Trinajstić information content (AvgIpc) is 2.27. The zero-order valence-electron chi connectivity index (χ0n) is 8.38. The highest BCUT2D eigenvalue weighted by molar-refractivity contribution is 5.04. The first kappa shape index (κ1) is 8.25. The Morgan fingerprint density at radius 2 is 2.15 bits per heavy atom. The minimum absolute atomic E-state index is 0.104. The van der Waals surface area contributed by atoms with Crippen LogP contribution in [-0.2, 0) is 4.74 Å². The van der Waals surface area contributed by atoms with Crippen molar-refractivity contribution in [2.24, 2.45) is 17.8 Å². The third-order valence-corrected chi connectivity index (χ3v) is 4.25. The molecule has 3 aliphatic rings. The Labute approximate surface area is 80.0 Å². The fourth-order valence-corrected chi connectivity index (χ4v) is 3.89. The molecule has 2 nitrogen and oxygen atoms in total. The van der Waals surface area contributed by atoms with Crippen LogP contribution in [0.5, 0.6) is 0 Å². The first-order chi connectivity index (χ1) is 6.32. The van der Waals surface area contributed by atoms with Gasteiger partial charge >= 0.3 is 0 Å². The van der Waals surface area contributed by atoms with E-state index >= 15 is 0 Å². The zero-order chi connectivity index (χ0) is 8.89. The van der Waals surface area contributed by atoms with E-state index < -0.39 is 0 Å². The van der Waals surface area contributed by atoms with Crippen LogP contribution in [0.2, 0.25) is 0 Å². The van der Waals surface area contributed by atoms with Gasteiger partial charge < -0.3 is 4.74 Å². The molecule has 2 heteroatoms. The number of rotatable bonds is 2. The molecule has 2 saturated carbocycles. The van der Waals surface area contributed by atoms with Gasteiger partial charge in [0, 0.05) is 19.1 Å². The summed E-state index contributed by atoms with van der Waals surface area (Å²) in [5.41, 5.74) is 0.104. The molecule has 1 heterocycles. The van der Waals surface area contributed by atoms with E-state index in [0.29, 0.717) is 0 Å². The second kappa shape index (κ2) is 2.71. The Bertz CT molecular complexity index is 218. The lowest BCUT2D eigenvalue weighted by Gasteiger charge is -2.43. The molecule has 0 amide bonds. The van der Waals surface area contributed by atoms with Crippen LogP contribution in [-0.4, -0.2) is 18.9 Å². The highest BCUT2D eigenvalue weighted by Gasteiger charge is 2.54. The average molecular weight is 181 g/mol. The fourth-order valence-electron chi connectivity index (χ4n) is 3.89. The van der Waals surface area contributed by atoms with Crippen LogP contribution in [0.15, 0.2) is 0 Å². The topological polar surface area (TPSA) is 21.3 Å². The summed E-state index contributed by atoms with van der Waals surface area (Å²) in [7, 11) is 0. The fraction of sp³-hybridized carbons (Fsp3) is 1.00. The Balaban J connectivity index is 1.88. The number of hydrogen-bond donors (Lipinski definition) is 1. The molecule has 0 aromatic carbocycles. The van der Waals surface area contributed by atoms with Gasteiger partial charge in [0.2, 0.25) is 0 Å². The summed E-state index contributed by atoms with van der Waals surface area (Å²) in [5.74, 6) is 2.75. The van der Waals surface area contributed by atoms with Gasteiger partial charge in [-0.3, -0.25) is 5.32 Å². The number of ether oxygens (including phenoxy) is 1. The highest BCUT2D eigenvalue weighted by Crippen LogP contribution is 2.53. The minimum atomic E-state index is 0.104. The number of hydrogen-bond acceptors (Lipinski definition) is 2. The third-order valence-electron chi connectivity index (χ3n) is 4.25. The van der Waals surface area contributed by atoms with Gasteiger partial charge in [-0.2, -0.15) is 0 Å². The van der Waals surface area contributed by atoms with E-state index in [-0.39, 0.29) is 5.72 Å². The van der Waals surface area contributed by atoms with Gasteiger partial charge in [0.1, 0.15) is 5.72 Å². The van der Waals surface area contributed by atoms with E-state index in [0.717, 1.165) is 24.4 Å². The molecule has 3 rings (SSSR count). The van der Waals surface area contributed by atoms with Crippen LogP contribution in [0, 0.1) is 17.8 Å². The molecule has 0 aromatic heterocycles. The SMILES string of the molecule is CCOC12CC3CC(CN1)CC2C3. The van der Waals surface area contributed by atoms with Gasteiger partial charge in [0.05, 0.1) is 0 Å². The van der Waals surface area contributed by atoms with Crippen molar-refractivity contribution in [1.29, 1.82) is 0 Å². The first-order valence-electron chi connectivity index (χ1n) is 5.71. The first-order valence-corrected chi connectivity index (χ1v) is 5.71. The van der Waals surface area contributed by atoms with E-state index in [1.54, 1.807) is 0 Å². The van der Waals surface area contributed by atoms with Crippen molar-refractivity contribution >= 4 is 0 Å². The smallest absolute Gasteiger partial charge is 0.122 e. The maximum absolute atomic E-state index is 5.98. The molecule has 0 spiro atoms. The van der Waals surface area contributed by atoms with Crippen molar-refractivity contribution in [1.82, 2.24) is 5.32 Å². The number of piperidine rings is 1. The summed E-state index contributed by atoms with van der Waals surface area (Å²) < 4.78 is 5.98. The van der Waals surface area contributed by atoms with E-state index in [2.05, 4.69) is 12.2 Å². The molecular formula is C11H19NO. The predicted octanol–water partition coefficient (Wildman–Crippen LogP) is 1.76. The van der Waals surface area contributed by atoms with E-state index in [1.165, 1.54) is 32.2 Å². The van der Waals surface area contributed by atoms with Crippen LogP contribution < -0.4 is 5.32 Å². The van der Waals surface area contributed by atoms with Crippen LogP contribution in [0.25, 0.3) is 0 Å². The monoisotopic (exact) mass is 181 g/mol. The molecule has 4 atom stereocenters. The maximum atomic E-state index is 5.98. The van der Waals surface area contributed by atoms with E-state index in [4.69, 9.17) is 4.74 Å². The quantitative estimate of drug-likeness (QED) is 0.701. The normalized spacial score (nSPS) is 52.8. The lowest BCUT2D eigenvalue weighted by Crippen LogP contribution is -2.55. The standard InChI is InChI=1S/C11H19NO/c1-2-13-11-6-8-3-9(7-12-11)5-10(11)4-8/h8-10,12H,2-7H2,1H3. The van der Waals surface area contributed by atoms with Crippen LogP contribution in [0.4, 0.5) is 0 Å². The Morgan fingerprint density at radius 1 is 1.31 bits per heavy atom. The molecule has 2 aliphatic carbocycles. The van der Waals surface area contributed by atoms with Gasteiger partial charge in [-0.1, -0.05) is 0 Å². The number of nitrogens with one attached hydrogen (secondary N) is 1. The molecule has 1 aliphatic heterocycles. The van der Waals surface area contributed by atoms with Gasteiger partial charge in [-0.15, -0.1) is 0 Å². The second-order valence-corrected chi connectivity index (χ2v) is 5.04. The second-order valence-electron chi connectivity index (χ2n) is 5.04. The molecule has 13 heavy (non-hydrogen) atoms. The van der Waals surface area contributed by atoms with E-state index in [1.807, 2.05) is 0 Å². The Morgan fingerprint density at radius 3 is 3.00 bits per heavy atom. The summed E-state index contributed by atoms with van der Waals surface area (Å²) >= 11 is 0. The van der Waals surface area contributed by atoms with Crippen molar-refractivity contribution in [3.05, 3.63) is 0 Å². The molecule has 3 bridgehead atoms. The molecule has 0 radical (unpaired) electrons. The van der Waals surface area contributed by atoms with E-state index in [9.17, 15) is 0 Å².